The van der Waals surface area contributed by atoms with Gasteiger partial charge >= 0.3 is 6.09 Å². The summed E-state index contributed by atoms with van der Waals surface area (Å²) in [7, 11) is 0. The van der Waals surface area contributed by atoms with Gasteiger partial charge in [0.1, 0.15) is 5.60 Å². The molecule has 2 fully saturated rings. The Balaban J connectivity index is 0.000000720. The first-order valence-corrected chi connectivity index (χ1v) is 3.98. The van der Waals surface area contributed by atoms with E-state index in [1.54, 1.807) is 0 Å². The minimum Gasteiger partial charge on any atom is -0.441 e. The van der Waals surface area contributed by atoms with Crippen LogP contribution in [0.5, 0.6) is 0 Å². The molecule has 70 valence electrons. The summed E-state index contributed by atoms with van der Waals surface area (Å²) in [5, 5.41) is 5.92. The maximum absolute atomic E-state index is 10.8. The van der Waals surface area contributed by atoms with E-state index >= 15 is 0 Å². The minimum absolute atomic E-state index is 0. The summed E-state index contributed by atoms with van der Waals surface area (Å²) >= 11 is 0. The molecule has 2 heterocycles. The van der Waals surface area contributed by atoms with Crippen molar-refractivity contribution in [3.63, 3.8) is 0 Å². The van der Waals surface area contributed by atoms with Gasteiger partial charge in [-0.2, -0.15) is 0 Å². The first-order valence-electron chi connectivity index (χ1n) is 3.98. The van der Waals surface area contributed by atoms with E-state index in [2.05, 4.69) is 10.6 Å². The molecule has 0 saturated carbocycles. The zero-order valence-electron chi connectivity index (χ0n) is 6.76. The monoisotopic (exact) mass is 192 g/mol. The van der Waals surface area contributed by atoms with Crippen molar-refractivity contribution >= 4 is 18.5 Å². The molecule has 1 spiro atoms. The molecule has 0 unspecified atom stereocenters. The highest BCUT2D eigenvalue weighted by Gasteiger charge is 2.40. The number of rotatable bonds is 0. The fraction of sp³-hybridized carbons (Fsp3) is 0.857. The summed E-state index contributed by atoms with van der Waals surface area (Å²) in [6, 6.07) is 0. The van der Waals surface area contributed by atoms with E-state index in [0.29, 0.717) is 6.54 Å². The zero-order chi connectivity index (χ0) is 7.73. The highest BCUT2D eigenvalue weighted by Crippen LogP contribution is 2.25. The molecule has 12 heavy (non-hydrogen) atoms. The summed E-state index contributed by atoms with van der Waals surface area (Å²) in [5.41, 5.74) is -0.178. The van der Waals surface area contributed by atoms with Crippen LogP contribution >= 0.6 is 12.4 Å². The Morgan fingerprint density at radius 3 is 2.50 bits per heavy atom. The Bertz CT molecular complexity index is 180. The number of hydrogen-bond donors (Lipinski definition) is 2. The molecular weight excluding hydrogens is 180 g/mol. The van der Waals surface area contributed by atoms with Crippen LogP contribution in [0.15, 0.2) is 0 Å². The second-order valence-electron chi connectivity index (χ2n) is 3.18. The summed E-state index contributed by atoms with van der Waals surface area (Å²) in [6.07, 6.45) is 1.62. The Hall–Kier alpha value is -0.480. The van der Waals surface area contributed by atoms with Crippen molar-refractivity contribution < 1.29 is 9.53 Å². The average molecular weight is 193 g/mol. The van der Waals surface area contributed by atoms with Gasteiger partial charge in [0.15, 0.2) is 0 Å². The van der Waals surface area contributed by atoms with Gasteiger partial charge in [-0.05, 0) is 13.1 Å². The molecule has 4 nitrogen and oxygen atoms in total. The number of amides is 1. The van der Waals surface area contributed by atoms with Crippen molar-refractivity contribution in [2.75, 3.05) is 19.6 Å². The molecule has 5 heteroatoms. The Morgan fingerprint density at radius 1 is 1.33 bits per heavy atom. The van der Waals surface area contributed by atoms with Crippen LogP contribution in [0.1, 0.15) is 12.8 Å². The van der Waals surface area contributed by atoms with Gasteiger partial charge < -0.3 is 15.4 Å². The molecule has 0 atom stereocenters. The lowest BCUT2D eigenvalue weighted by molar-refractivity contribution is 0.0316. The normalized spacial score (nSPS) is 25.8. The lowest BCUT2D eigenvalue weighted by atomic mass is 9.93. The topological polar surface area (TPSA) is 50.4 Å². The van der Waals surface area contributed by atoms with Crippen LogP contribution in [-0.4, -0.2) is 31.3 Å². The van der Waals surface area contributed by atoms with Crippen LogP contribution in [0.3, 0.4) is 0 Å². The molecule has 0 radical (unpaired) electrons. The predicted octanol–water partition coefficient (Wildman–Crippen LogP) is 0.270. The summed E-state index contributed by atoms with van der Waals surface area (Å²) in [5.74, 6) is 0. The van der Waals surface area contributed by atoms with E-state index in [4.69, 9.17) is 4.74 Å². The molecular formula is C7H13ClN2O2. The maximum Gasteiger partial charge on any atom is 0.407 e. The van der Waals surface area contributed by atoms with Gasteiger partial charge in [0.2, 0.25) is 0 Å². The highest BCUT2D eigenvalue weighted by atomic mass is 35.5. The van der Waals surface area contributed by atoms with Gasteiger partial charge in [-0.3, -0.25) is 0 Å². The van der Waals surface area contributed by atoms with Crippen LogP contribution in [0.4, 0.5) is 4.79 Å². The summed E-state index contributed by atoms with van der Waals surface area (Å²) in [4.78, 5) is 10.8. The van der Waals surface area contributed by atoms with Gasteiger partial charge in [0.05, 0.1) is 6.54 Å². The van der Waals surface area contributed by atoms with Crippen molar-refractivity contribution in [1.82, 2.24) is 10.6 Å². The fourth-order valence-electron chi connectivity index (χ4n) is 1.66. The fourth-order valence-corrected chi connectivity index (χ4v) is 1.66. The lowest BCUT2D eigenvalue weighted by Crippen LogP contribution is -2.44. The number of carbonyl (C=O) groups excluding carboxylic acids is 1. The molecule has 0 aromatic rings. The number of hydrogen-bond acceptors (Lipinski definition) is 3. The van der Waals surface area contributed by atoms with E-state index in [9.17, 15) is 4.79 Å². The van der Waals surface area contributed by atoms with Gasteiger partial charge in [0, 0.05) is 12.8 Å². The molecule has 0 aromatic heterocycles. The minimum atomic E-state index is -0.257. The van der Waals surface area contributed by atoms with Crippen molar-refractivity contribution in [2.24, 2.45) is 0 Å². The quantitative estimate of drug-likeness (QED) is 0.580. The highest BCUT2D eigenvalue weighted by molar-refractivity contribution is 5.85. The van der Waals surface area contributed by atoms with Crippen LogP contribution in [0.2, 0.25) is 0 Å². The van der Waals surface area contributed by atoms with Gasteiger partial charge in [0.25, 0.3) is 0 Å². The van der Waals surface area contributed by atoms with Crippen molar-refractivity contribution in [1.29, 1.82) is 0 Å². The van der Waals surface area contributed by atoms with Crippen LogP contribution < -0.4 is 10.6 Å². The molecule has 2 saturated heterocycles. The number of nitrogens with one attached hydrogen (secondary N) is 2. The van der Waals surface area contributed by atoms with E-state index < -0.39 is 0 Å². The van der Waals surface area contributed by atoms with E-state index in [0.717, 1.165) is 25.9 Å². The second kappa shape index (κ2) is 3.49. The molecule has 2 aliphatic rings. The predicted molar refractivity (Wildman–Crippen MR) is 46.6 cm³/mol. The first kappa shape index (κ1) is 9.61. The third kappa shape index (κ3) is 1.64. The van der Waals surface area contributed by atoms with E-state index in [-0.39, 0.29) is 24.1 Å². The third-order valence-corrected chi connectivity index (χ3v) is 2.38. The molecule has 0 aliphatic carbocycles. The number of ether oxygens (including phenoxy) is 1. The first-order chi connectivity index (χ1) is 5.31. The average Bonchev–Trinajstić information content (AvgIpc) is 2.34. The van der Waals surface area contributed by atoms with Gasteiger partial charge in [-0.15, -0.1) is 12.4 Å². The standard InChI is InChI=1S/C7H12N2O2.ClH/c10-6-9-5-7(11-6)1-3-8-4-2-7;/h8H,1-5H2,(H,9,10);1H. The maximum atomic E-state index is 10.8. The Labute approximate surface area is 77.4 Å². The molecule has 2 aliphatic heterocycles. The smallest absolute Gasteiger partial charge is 0.407 e. The number of piperidine rings is 1. The van der Waals surface area contributed by atoms with Crippen LogP contribution in [0.25, 0.3) is 0 Å². The number of carbonyl (C=O) groups is 1. The lowest BCUT2D eigenvalue weighted by Gasteiger charge is -2.30. The van der Waals surface area contributed by atoms with Crippen LogP contribution in [0, 0.1) is 0 Å². The largest absolute Gasteiger partial charge is 0.441 e. The second-order valence-corrected chi connectivity index (χ2v) is 3.18. The number of alkyl carbamates (subject to hydrolysis) is 1. The van der Waals surface area contributed by atoms with Crippen molar-refractivity contribution in [2.45, 2.75) is 18.4 Å². The zero-order valence-corrected chi connectivity index (χ0v) is 7.58. The van der Waals surface area contributed by atoms with Gasteiger partial charge in [-0.1, -0.05) is 0 Å². The van der Waals surface area contributed by atoms with Crippen LogP contribution in [-0.2, 0) is 4.74 Å². The molecule has 2 N–H and O–H groups in total. The van der Waals surface area contributed by atoms with E-state index in [1.807, 2.05) is 0 Å². The Kier molecular flexibility index (Phi) is 2.80. The molecule has 0 bridgehead atoms. The summed E-state index contributed by atoms with van der Waals surface area (Å²) < 4.78 is 5.20. The third-order valence-electron chi connectivity index (χ3n) is 2.38. The molecule has 2 rings (SSSR count). The summed E-state index contributed by atoms with van der Waals surface area (Å²) in [6.45, 7) is 2.59. The number of halogens is 1. The SMILES string of the molecule is Cl.O=C1NCC2(CCNCC2)O1. The molecule has 1 amide bonds. The van der Waals surface area contributed by atoms with Crippen molar-refractivity contribution in [3.8, 4) is 0 Å². The van der Waals surface area contributed by atoms with Crippen molar-refractivity contribution in [3.05, 3.63) is 0 Å². The molecule has 0 aromatic carbocycles. The van der Waals surface area contributed by atoms with E-state index in [1.165, 1.54) is 0 Å². The van der Waals surface area contributed by atoms with Gasteiger partial charge in [-0.25, -0.2) is 4.79 Å². The Morgan fingerprint density at radius 2 is 2.00 bits per heavy atom.